The minimum Gasteiger partial charge on any atom is -0.493 e. The summed E-state index contributed by atoms with van der Waals surface area (Å²) in [5.41, 5.74) is 0.139. The van der Waals surface area contributed by atoms with Gasteiger partial charge >= 0.3 is 0 Å². The van der Waals surface area contributed by atoms with Gasteiger partial charge in [0.1, 0.15) is 5.82 Å². The van der Waals surface area contributed by atoms with Crippen molar-refractivity contribution in [1.29, 1.82) is 0 Å². The zero-order valence-corrected chi connectivity index (χ0v) is 14.7. The number of para-hydroxylation sites is 1. The van der Waals surface area contributed by atoms with Crippen LogP contribution in [0.25, 0.3) is 0 Å². The van der Waals surface area contributed by atoms with Crippen LogP contribution in [0.2, 0.25) is 5.02 Å². The van der Waals surface area contributed by atoms with E-state index in [4.69, 9.17) is 21.1 Å². The second-order valence-electron chi connectivity index (χ2n) is 5.74. The van der Waals surface area contributed by atoms with Crippen molar-refractivity contribution in [3.8, 4) is 11.5 Å². The van der Waals surface area contributed by atoms with Crippen LogP contribution in [-0.4, -0.2) is 20.1 Å². The molecule has 4 nitrogen and oxygen atoms in total. The van der Waals surface area contributed by atoms with Gasteiger partial charge in [0.2, 0.25) is 0 Å². The maximum atomic E-state index is 13.2. The van der Waals surface area contributed by atoms with Gasteiger partial charge < -0.3 is 14.8 Å². The SMILES string of the molecule is COc1cccc(C(=O)NC(C)(C)c2ccc(F)cc2Cl)c1OC. The fraction of sp³-hybridized carbons (Fsp3) is 0.278. The van der Waals surface area contributed by atoms with Crippen molar-refractivity contribution >= 4 is 17.5 Å². The number of methoxy groups -OCH3 is 2. The van der Waals surface area contributed by atoms with Gasteiger partial charge in [-0.15, -0.1) is 0 Å². The van der Waals surface area contributed by atoms with E-state index >= 15 is 0 Å². The van der Waals surface area contributed by atoms with Gasteiger partial charge in [0.05, 0.1) is 25.3 Å². The standard InChI is InChI=1S/C18H19ClFNO3/c1-18(2,13-9-8-11(20)10-14(13)19)21-17(22)12-6-5-7-15(23-3)16(12)24-4/h5-10H,1-4H3,(H,21,22). The third-order valence-electron chi connectivity index (χ3n) is 3.68. The first kappa shape index (κ1) is 18.1. The summed E-state index contributed by atoms with van der Waals surface area (Å²) in [7, 11) is 2.97. The summed E-state index contributed by atoms with van der Waals surface area (Å²) in [6.45, 7) is 3.58. The maximum Gasteiger partial charge on any atom is 0.255 e. The number of ether oxygens (including phenoxy) is 2. The Hall–Kier alpha value is -2.27. The first-order valence-corrected chi connectivity index (χ1v) is 7.67. The van der Waals surface area contributed by atoms with Gasteiger partial charge in [0, 0.05) is 5.02 Å². The fourth-order valence-corrected chi connectivity index (χ4v) is 2.88. The van der Waals surface area contributed by atoms with Crippen LogP contribution >= 0.6 is 11.6 Å². The number of rotatable bonds is 5. The lowest BCUT2D eigenvalue weighted by Crippen LogP contribution is -2.41. The molecular weight excluding hydrogens is 333 g/mol. The van der Waals surface area contributed by atoms with Crippen molar-refractivity contribution in [3.05, 3.63) is 58.4 Å². The first-order chi connectivity index (χ1) is 11.3. The number of hydrogen-bond donors (Lipinski definition) is 1. The third kappa shape index (κ3) is 3.62. The molecule has 0 unspecified atom stereocenters. The van der Waals surface area contributed by atoms with Crippen molar-refractivity contribution in [2.75, 3.05) is 14.2 Å². The van der Waals surface area contributed by atoms with E-state index in [-0.39, 0.29) is 10.9 Å². The van der Waals surface area contributed by atoms with Crippen LogP contribution in [0.3, 0.4) is 0 Å². The van der Waals surface area contributed by atoms with Crippen LogP contribution < -0.4 is 14.8 Å². The molecule has 0 saturated carbocycles. The molecule has 0 aliphatic carbocycles. The lowest BCUT2D eigenvalue weighted by atomic mass is 9.93. The molecule has 0 aliphatic rings. The summed E-state index contributed by atoms with van der Waals surface area (Å²) in [5.74, 6) is 0.0257. The van der Waals surface area contributed by atoms with Crippen molar-refractivity contribution in [2.45, 2.75) is 19.4 Å². The second kappa shape index (κ2) is 7.09. The lowest BCUT2D eigenvalue weighted by Gasteiger charge is -2.28. The van der Waals surface area contributed by atoms with Gasteiger partial charge in [-0.2, -0.15) is 0 Å². The number of amides is 1. The molecule has 1 amide bonds. The highest BCUT2D eigenvalue weighted by Crippen LogP contribution is 2.33. The Balaban J connectivity index is 2.35. The lowest BCUT2D eigenvalue weighted by molar-refractivity contribution is 0.0908. The molecule has 2 rings (SSSR count). The Morgan fingerprint density at radius 2 is 1.88 bits per heavy atom. The van der Waals surface area contributed by atoms with Gasteiger partial charge in [-0.05, 0) is 43.7 Å². The van der Waals surface area contributed by atoms with E-state index < -0.39 is 11.4 Å². The molecule has 0 bridgehead atoms. The van der Waals surface area contributed by atoms with Crippen molar-refractivity contribution in [1.82, 2.24) is 5.32 Å². The topological polar surface area (TPSA) is 47.6 Å². The molecule has 2 aromatic carbocycles. The molecule has 0 aromatic heterocycles. The number of carbonyl (C=O) groups is 1. The summed E-state index contributed by atoms with van der Waals surface area (Å²) in [4.78, 5) is 12.7. The molecule has 128 valence electrons. The summed E-state index contributed by atoms with van der Waals surface area (Å²) in [6.07, 6.45) is 0. The highest BCUT2D eigenvalue weighted by Gasteiger charge is 2.28. The van der Waals surface area contributed by atoms with Crippen molar-refractivity contribution in [3.63, 3.8) is 0 Å². The Labute approximate surface area is 145 Å². The molecule has 0 radical (unpaired) electrons. The largest absolute Gasteiger partial charge is 0.493 e. The van der Waals surface area contributed by atoms with Crippen LogP contribution in [0.5, 0.6) is 11.5 Å². The summed E-state index contributed by atoms with van der Waals surface area (Å²) in [5, 5.41) is 3.14. The van der Waals surface area contributed by atoms with Crippen LogP contribution in [0.1, 0.15) is 29.8 Å². The minimum atomic E-state index is -0.810. The van der Waals surface area contributed by atoms with E-state index in [0.717, 1.165) is 0 Å². The van der Waals surface area contributed by atoms with Crippen LogP contribution in [0.4, 0.5) is 4.39 Å². The number of carbonyl (C=O) groups excluding carboxylic acids is 1. The van der Waals surface area contributed by atoms with Crippen LogP contribution in [-0.2, 0) is 5.54 Å². The number of hydrogen-bond acceptors (Lipinski definition) is 3. The van der Waals surface area contributed by atoms with E-state index in [1.165, 1.54) is 26.4 Å². The monoisotopic (exact) mass is 351 g/mol. The van der Waals surface area contributed by atoms with Gasteiger partial charge in [-0.25, -0.2) is 4.39 Å². The molecule has 0 fully saturated rings. The zero-order valence-electron chi connectivity index (χ0n) is 13.9. The second-order valence-corrected chi connectivity index (χ2v) is 6.15. The number of benzene rings is 2. The Bertz CT molecular complexity index is 762. The van der Waals surface area contributed by atoms with E-state index in [0.29, 0.717) is 22.6 Å². The summed E-state index contributed by atoms with van der Waals surface area (Å²) < 4.78 is 23.7. The maximum absolute atomic E-state index is 13.2. The minimum absolute atomic E-state index is 0.248. The molecule has 2 aromatic rings. The highest BCUT2D eigenvalue weighted by atomic mass is 35.5. The predicted octanol–water partition coefficient (Wildman–Crippen LogP) is 4.16. The number of halogens is 2. The molecule has 0 heterocycles. The van der Waals surface area contributed by atoms with E-state index in [1.807, 2.05) is 0 Å². The Kier molecular flexibility index (Phi) is 5.34. The van der Waals surface area contributed by atoms with Gasteiger partial charge in [0.25, 0.3) is 5.91 Å². The quantitative estimate of drug-likeness (QED) is 0.879. The molecule has 0 saturated heterocycles. The molecule has 0 aliphatic heterocycles. The van der Waals surface area contributed by atoms with E-state index in [9.17, 15) is 9.18 Å². The average molecular weight is 352 g/mol. The van der Waals surface area contributed by atoms with E-state index in [2.05, 4.69) is 5.32 Å². The molecule has 0 atom stereocenters. The van der Waals surface area contributed by atoms with Gasteiger partial charge in [-0.3, -0.25) is 4.79 Å². The zero-order chi connectivity index (χ0) is 17.9. The Morgan fingerprint density at radius 3 is 2.46 bits per heavy atom. The Morgan fingerprint density at radius 1 is 1.17 bits per heavy atom. The van der Waals surface area contributed by atoms with Gasteiger partial charge in [0.15, 0.2) is 11.5 Å². The first-order valence-electron chi connectivity index (χ1n) is 7.29. The molecule has 24 heavy (non-hydrogen) atoms. The smallest absolute Gasteiger partial charge is 0.255 e. The molecule has 0 spiro atoms. The van der Waals surface area contributed by atoms with Crippen molar-refractivity contribution < 1.29 is 18.7 Å². The third-order valence-corrected chi connectivity index (χ3v) is 3.99. The average Bonchev–Trinajstić information content (AvgIpc) is 2.52. The van der Waals surface area contributed by atoms with Crippen LogP contribution in [0.15, 0.2) is 36.4 Å². The normalized spacial score (nSPS) is 11.1. The van der Waals surface area contributed by atoms with Gasteiger partial charge in [-0.1, -0.05) is 23.7 Å². The molecular formula is C18H19ClFNO3. The van der Waals surface area contributed by atoms with E-state index in [1.54, 1.807) is 38.1 Å². The number of nitrogens with one attached hydrogen (secondary N) is 1. The predicted molar refractivity (Wildman–Crippen MR) is 91.4 cm³/mol. The summed E-state index contributed by atoms with van der Waals surface area (Å²) in [6, 6.07) is 9.13. The fourth-order valence-electron chi connectivity index (χ4n) is 2.48. The molecule has 6 heteroatoms. The molecule has 1 N–H and O–H groups in total. The van der Waals surface area contributed by atoms with Crippen molar-refractivity contribution in [2.24, 2.45) is 0 Å². The summed E-state index contributed by atoms with van der Waals surface area (Å²) >= 11 is 6.11. The van der Waals surface area contributed by atoms with Crippen LogP contribution in [0, 0.1) is 5.82 Å². The highest BCUT2D eigenvalue weighted by molar-refractivity contribution is 6.31.